The Kier molecular flexibility index (Phi) is 3.24. The van der Waals surface area contributed by atoms with Crippen molar-refractivity contribution < 1.29 is 0 Å². The maximum absolute atomic E-state index is 8.23. The highest BCUT2D eigenvalue weighted by Gasteiger charge is 2.07. The molecule has 0 atom stereocenters. The van der Waals surface area contributed by atoms with Crippen molar-refractivity contribution in [2.24, 2.45) is 12.0 Å². The first kappa shape index (κ1) is 10.3. The molecule has 74 valence electrons. The summed E-state index contributed by atoms with van der Waals surface area (Å²) >= 11 is 0. The van der Waals surface area contributed by atoms with Crippen molar-refractivity contribution in [1.82, 2.24) is 14.9 Å². The number of aromatic nitrogens is 2. The molecule has 5 heteroatoms. The normalized spacial score (nSPS) is 10.8. The molecule has 1 aromatic rings. The van der Waals surface area contributed by atoms with Crippen LogP contribution in [0.25, 0.3) is 0 Å². The summed E-state index contributed by atoms with van der Waals surface area (Å²) in [5.41, 5.74) is 0. The summed E-state index contributed by atoms with van der Waals surface area (Å²) in [7, 11) is 1.90. The first-order valence-electron chi connectivity index (χ1n) is 4.35. The van der Waals surface area contributed by atoms with Crippen LogP contribution in [-0.4, -0.2) is 15.9 Å². The van der Waals surface area contributed by atoms with Gasteiger partial charge in [0.05, 0.1) is 6.20 Å². The van der Waals surface area contributed by atoms with Gasteiger partial charge in [0.25, 0.3) is 0 Å². The number of nitrogens with zero attached hydrogens (tertiary/aromatic N) is 4. The molecule has 0 bridgehead atoms. The third-order valence-electron chi connectivity index (χ3n) is 1.84. The Labute approximate surface area is 83.1 Å². The Morgan fingerprint density at radius 2 is 2.43 bits per heavy atom. The van der Waals surface area contributed by atoms with Crippen molar-refractivity contribution in [1.29, 1.82) is 5.26 Å². The third-order valence-corrected chi connectivity index (χ3v) is 1.84. The maximum atomic E-state index is 8.23. The highest BCUT2D eigenvalue weighted by atomic mass is 15.1. The molecule has 0 radical (unpaired) electrons. The van der Waals surface area contributed by atoms with Gasteiger partial charge in [0.1, 0.15) is 12.2 Å². The van der Waals surface area contributed by atoms with E-state index >= 15 is 0 Å². The van der Waals surface area contributed by atoms with Crippen LogP contribution in [0.1, 0.15) is 25.6 Å². The molecular weight excluding hydrogens is 178 g/mol. The minimum Gasteiger partial charge on any atom is -0.316 e. The lowest BCUT2D eigenvalue weighted by Gasteiger charge is -2.04. The third kappa shape index (κ3) is 2.10. The number of nitrogens with one attached hydrogen (secondary N) is 1. The van der Waals surface area contributed by atoms with E-state index in [-0.39, 0.29) is 0 Å². The number of nitriles is 1. The molecule has 0 aliphatic carbocycles. The van der Waals surface area contributed by atoms with Gasteiger partial charge >= 0.3 is 0 Å². The molecule has 0 aliphatic rings. The zero-order chi connectivity index (χ0) is 10.6. The average Bonchev–Trinajstić information content (AvgIpc) is 2.48. The van der Waals surface area contributed by atoms with Crippen molar-refractivity contribution >= 4 is 12.2 Å². The zero-order valence-corrected chi connectivity index (χ0v) is 8.52. The summed E-state index contributed by atoms with van der Waals surface area (Å²) in [5.74, 6) is 2.08. The molecule has 14 heavy (non-hydrogen) atoms. The quantitative estimate of drug-likeness (QED) is 0.338. The van der Waals surface area contributed by atoms with Gasteiger partial charge in [0.2, 0.25) is 0 Å². The van der Waals surface area contributed by atoms with Crippen LogP contribution in [0.4, 0.5) is 5.82 Å². The van der Waals surface area contributed by atoms with Gasteiger partial charge in [-0.1, -0.05) is 13.8 Å². The van der Waals surface area contributed by atoms with Crippen molar-refractivity contribution in [3.8, 4) is 6.19 Å². The molecule has 1 aromatic heterocycles. The van der Waals surface area contributed by atoms with E-state index in [0.717, 1.165) is 11.6 Å². The standard InChI is InChI=1S/C9H13N5/c1-7(2)9-12-4-8(14(9)3)13-6-11-5-10/h4,6-7H,1-3H3,(H,11,13). The molecule has 1 heterocycles. The fourth-order valence-corrected chi connectivity index (χ4v) is 1.20. The molecule has 0 unspecified atom stereocenters. The van der Waals surface area contributed by atoms with Crippen LogP contribution in [0.3, 0.4) is 0 Å². The SMILES string of the molecule is CC(C)c1ncc(/N=C\NC#N)n1C. The molecule has 0 aromatic carbocycles. The van der Waals surface area contributed by atoms with Gasteiger partial charge in [0, 0.05) is 13.0 Å². The van der Waals surface area contributed by atoms with E-state index < -0.39 is 0 Å². The highest BCUT2D eigenvalue weighted by molar-refractivity contribution is 5.60. The minimum absolute atomic E-state index is 0.368. The second-order valence-corrected chi connectivity index (χ2v) is 3.20. The first-order valence-corrected chi connectivity index (χ1v) is 4.35. The summed E-state index contributed by atoms with van der Waals surface area (Å²) in [6, 6.07) is 0. The summed E-state index contributed by atoms with van der Waals surface area (Å²) in [6.07, 6.45) is 4.79. The maximum Gasteiger partial charge on any atom is 0.182 e. The van der Waals surface area contributed by atoms with Crippen molar-refractivity contribution in [3.05, 3.63) is 12.0 Å². The number of rotatable bonds is 3. The lowest BCUT2D eigenvalue weighted by atomic mass is 10.2. The number of imidazole rings is 1. The van der Waals surface area contributed by atoms with Gasteiger partial charge in [-0.25, -0.2) is 9.98 Å². The Hall–Kier alpha value is -1.83. The van der Waals surface area contributed by atoms with Crippen LogP contribution in [0.2, 0.25) is 0 Å². The van der Waals surface area contributed by atoms with Crippen molar-refractivity contribution in [3.63, 3.8) is 0 Å². The van der Waals surface area contributed by atoms with Crippen molar-refractivity contribution in [2.75, 3.05) is 0 Å². The molecule has 5 nitrogen and oxygen atoms in total. The molecule has 0 fully saturated rings. The molecule has 0 spiro atoms. The predicted molar refractivity (Wildman–Crippen MR) is 54.2 cm³/mol. The van der Waals surface area contributed by atoms with Crippen LogP contribution in [0, 0.1) is 11.5 Å². The van der Waals surface area contributed by atoms with Gasteiger partial charge in [-0.3, -0.25) is 5.32 Å². The van der Waals surface area contributed by atoms with Gasteiger partial charge in [0.15, 0.2) is 12.0 Å². The highest BCUT2D eigenvalue weighted by Crippen LogP contribution is 2.18. The second kappa shape index (κ2) is 4.42. The minimum atomic E-state index is 0.368. The zero-order valence-electron chi connectivity index (χ0n) is 8.52. The summed E-state index contributed by atoms with van der Waals surface area (Å²) in [5, 5.41) is 10.6. The average molecular weight is 191 g/mol. The summed E-state index contributed by atoms with van der Waals surface area (Å²) in [4.78, 5) is 8.27. The lowest BCUT2D eigenvalue weighted by Crippen LogP contribution is -2.02. The first-order chi connectivity index (χ1) is 6.66. The Balaban J connectivity index is 2.86. The Bertz CT molecular complexity index is 369. The number of hydrogen-bond acceptors (Lipinski definition) is 3. The van der Waals surface area contributed by atoms with Crippen LogP contribution in [-0.2, 0) is 7.05 Å². The van der Waals surface area contributed by atoms with Crippen LogP contribution in [0.5, 0.6) is 0 Å². The molecule has 0 saturated carbocycles. The lowest BCUT2D eigenvalue weighted by molar-refractivity contribution is 0.712. The topological polar surface area (TPSA) is 66.0 Å². The second-order valence-electron chi connectivity index (χ2n) is 3.20. The van der Waals surface area contributed by atoms with E-state index in [1.807, 2.05) is 11.6 Å². The Morgan fingerprint density at radius 3 is 2.93 bits per heavy atom. The largest absolute Gasteiger partial charge is 0.316 e. The fourth-order valence-electron chi connectivity index (χ4n) is 1.20. The van der Waals surface area contributed by atoms with E-state index in [0.29, 0.717) is 5.92 Å². The summed E-state index contributed by atoms with van der Waals surface area (Å²) < 4.78 is 1.90. The monoisotopic (exact) mass is 191 g/mol. The molecule has 0 amide bonds. The Morgan fingerprint density at radius 1 is 1.71 bits per heavy atom. The number of aliphatic imine (C=N–C) groups is 1. The van der Waals surface area contributed by atoms with E-state index in [1.54, 1.807) is 12.4 Å². The van der Waals surface area contributed by atoms with Crippen LogP contribution in [0.15, 0.2) is 11.2 Å². The molecule has 0 aliphatic heterocycles. The van der Waals surface area contributed by atoms with E-state index in [4.69, 9.17) is 5.26 Å². The molecule has 1 N–H and O–H groups in total. The van der Waals surface area contributed by atoms with Crippen molar-refractivity contribution in [2.45, 2.75) is 19.8 Å². The molecule has 0 saturated heterocycles. The van der Waals surface area contributed by atoms with E-state index in [1.165, 1.54) is 6.34 Å². The number of hydrogen-bond donors (Lipinski definition) is 1. The van der Waals surface area contributed by atoms with Gasteiger partial charge < -0.3 is 4.57 Å². The van der Waals surface area contributed by atoms with E-state index in [2.05, 4.69) is 29.1 Å². The smallest absolute Gasteiger partial charge is 0.182 e. The fraction of sp³-hybridized carbons (Fsp3) is 0.444. The van der Waals surface area contributed by atoms with Gasteiger partial charge in [-0.15, -0.1) is 0 Å². The van der Waals surface area contributed by atoms with Gasteiger partial charge in [-0.05, 0) is 0 Å². The molecule has 1 rings (SSSR count). The van der Waals surface area contributed by atoms with E-state index in [9.17, 15) is 0 Å². The predicted octanol–water partition coefficient (Wildman–Crippen LogP) is 1.27. The van der Waals surface area contributed by atoms with Crippen LogP contribution < -0.4 is 5.32 Å². The van der Waals surface area contributed by atoms with Crippen LogP contribution >= 0.6 is 0 Å². The molecular formula is C9H13N5. The van der Waals surface area contributed by atoms with Gasteiger partial charge in [-0.2, -0.15) is 5.26 Å². The summed E-state index contributed by atoms with van der Waals surface area (Å²) in [6.45, 7) is 4.15.